The first-order valence-corrected chi connectivity index (χ1v) is 8.58. The van der Waals surface area contributed by atoms with Crippen molar-refractivity contribution >= 4 is 10.9 Å². The standard InChI is InChI=1S/C21H19FN2O/c1-2-5-14-7-4-11-24-20(14)23-19-13-16(9-10-18(19)21(24)25)15-6-3-8-17(22)12-15/h2-3,6,8-10,12-14H,1,4-5,7,11H2. The van der Waals surface area contributed by atoms with Gasteiger partial charge in [-0.1, -0.05) is 24.3 Å². The molecule has 4 heteroatoms. The van der Waals surface area contributed by atoms with Gasteiger partial charge < -0.3 is 0 Å². The highest BCUT2D eigenvalue weighted by molar-refractivity contribution is 5.83. The van der Waals surface area contributed by atoms with Crippen LogP contribution in [0.15, 0.2) is 59.9 Å². The molecule has 3 aromatic rings. The number of halogens is 1. The van der Waals surface area contributed by atoms with Crippen molar-refractivity contribution < 1.29 is 4.39 Å². The highest BCUT2D eigenvalue weighted by Gasteiger charge is 2.23. The van der Waals surface area contributed by atoms with Crippen LogP contribution in [0.1, 0.15) is 31.0 Å². The van der Waals surface area contributed by atoms with Gasteiger partial charge in [-0.05, 0) is 54.7 Å². The molecule has 1 aliphatic rings. The van der Waals surface area contributed by atoms with Gasteiger partial charge in [0.25, 0.3) is 5.56 Å². The summed E-state index contributed by atoms with van der Waals surface area (Å²) in [5.74, 6) is 0.809. The Balaban J connectivity index is 1.90. The monoisotopic (exact) mass is 334 g/mol. The summed E-state index contributed by atoms with van der Waals surface area (Å²) in [5.41, 5.74) is 2.33. The lowest BCUT2D eigenvalue weighted by Crippen LogP contribution is -2.30. The first-order chi connectivity index (χ1) is 12.2. The van der Waals surface area contributed by atoms with E-state index in [0.29, 0.717) is 10.9 Å². The summed E-state index contributed by atoms with van der Waals surface area (Å²) in [4.78, 5) is 17.7. The number of rotatable bonds is 3. The number of hydrogen-bond donors (Lipinski definition) is 0. The zero-order valence-electron chi connectivity index (χ0n) is 13.9. The van der Waals surface area contributed by atoms with Crippen molar-refractivity contribution in [1.29, 1.82) is 0 Å². The minimum atomic E-state index is -0.276. The van der Waals surface area contributed by atoms with Gasteiger partial charge in [-0.2, -0.15) is 0 Å². The van der Waals surface area contributed by atoms with Crippen LogP contribution in [0.25, 0.3) is 22.0 Å². The molecule has 0 saturated carbocycles. The first-order valence-electron chi connectivity index (χ1n) is 8.58. The average molecular weight is 334 g/mol. The van der Waals surface area contributed by atoms with Gasteiger partial charge >= 0.3 is 0 Å². The molecule has 126 valence electrons. The van der Waals surface area contributed by atoms with E-state index in [1.165, 1.54) is 12.1 Å². The topological polar surface area (TPSA) is 34.9 Å². The second kappa shape index (κ2) is 6.28. The van der Waals surface area contributed by atoms with Crippen molar-refractivity contribution in [3.05, 3.63) is 77.1 Å². The maximum atomic E-state index is 13.5. The summed E-state index contributed by atoms with van der Waals surface area (Å²) < 4.78 is 15.3. The maximum Gasteiger partial charge on any atom is 0.261 e. The first kappa shape index (κ1) is 15.8. The Morgan fingerprint density at radius 2 is 2.08 bits per heavy atom. The highest BCUT2D eigenvalue weighted by atomic mass is 19.1. The van der Waals surface area contributed by atoms with Crippen LogP contribution in [0.4, 0.5) is 4.39 Å². The maximum absolute atomic E-state index is 13.5. The lowest BCUT2D eigenvalue weighted by Gasteiger charge is -2.25. The second-order valence-electron chi connectivity index (χ2n) is 6.53. The van der Waals surface area contributed by atoms with Crippen molar-refractivity contribution in [3.63, 3.8) is 0 Å². The fourth-order valence-corrected chi connectivity index (χ4v) is 3.66. The molecule has 1 aliphatic heterocycles. The lowest BCUT2D eigenvalue weighted by atomic mass is 9.94. The van der Waals surface area contributed by atoms with Gasteiger partial charge in [0.15, 0.2) is 0 Å². The van der Waals surface area contributed by atoms with E-state index in [0.717, 1.165) is 42.8 Å². The SMILES string of the molecule is C=CCC1CCCn2c1nc1cc(-c3cccc(F)c3)ccc1c2=O. The molecule has 0 amide bonds. The Bertz CT molecular complexity index is 1020. The summed E-state index contributed by atoms with van der Waals surface area (Å²) >= 11 is 0. The van der Waals surface area contributed by atoms with Gasteiger partial charge in [0.1, 0.15) is 11.6 Å². The third-order valence-corrected chi connectivity index (χ3v) is 4.89. The molecule has 1 unspecified atom stereocenters. The van der Waals surface area contributed by atoms with Gasteiger partial charge in [0, 0.05) is 12.5 Å². The largest absolute Gasteiger partial charge is 0.296 e. The van der Waals surface area contributed by atoms with Crippen molar-refractivity contribution in [3.8, 4) is 11.1 Å². The Kier molecular flexibility index (Phi) is 3.96. The number of hydrogen-bond acceptors (Lipinski definition) is 2. The van der Waals surface area contributed by atoms with Crippen LogP contribution in [0.3, 0.4) is 0 Å². The summed E-state index contributed by atoms with van der Waals surface area (Å²) in [6.45, 7) is 4.54. The van der Waals surface area contributed by atoms with Crippen LogP contribution < -0.4 is 5.56 Å². The summed E-state index contributed by atoms with van der Waals surface area (Å²) in [6, 6.07) is 12.0. The van der Waals surface area contributed by atoms with Gasteiger partial charge in [0.2, 0.25) is 0 Å². The van der Waals surface area contributed by atoms with Crippen molar-refractivity contribution in [2.75, 3.05) is 0 Å². The second-order valence-corrected chi connectivity index (χ2v) is 6.53. The molecule has 0 N–H and O–H groups in total. The van der Waals surface area contributed by atoms with Gasteiger partial charge in [-0.3, -0.25) is 9.36 Å². The normalized spacial score (nSPS) is 16.6. The van der Waals surface area contributed by atoms with E-state index in [-0.39, 0.29) is 17.3 Å². The van der Waals surface area contributed by atoms with E-state index >= 15 is 0 Å². The van der Waals surface area contributed by atoms with Gasteiger partial charge in [0.05, 0.1) is 10.9 Å². The molecule has 0 bridgehead atoms. The number of nitrogens with zero attached hydrogens (tertiary/aromatic N) is 2. The number of benzene rings is 2. The molecule has 0 radical (unpaired) electrons. The smallest absolute Gasteiger partial charge is 0.261 e. The third-order valence-electron chi connectivity index (χ3n) is 4.89. The molecule has 4 rings (SSSR count). The Morgan fingerprint density at radius 1 is 1.24 bits per heavy atom. The summed E-state index contributed by atoms with van der Waals surface area (Å²) in [6.07, 6.45) is 4.72. The molecule has 25 heavy (non-hydrogen) atoms. The summed E-state index contributed by atoms with van der Waals surface area (Å²) in [7, 11) is 0. The van der Waals surface area contributed by atoms with E-state index in [2.05, 4.69) is 6.58 Å². The zero-order chi connectivity index (χ0) is 17.4. The van der Waals surface area contributed by atoms with Gasteiger partial charge in [-0.15, -0.1) is 6.58 Å². The van der Waals surface area contributed by atoms with Gasteiger partial charge in [-0.25, -0.2) is 9.37 Å². The fourth-order valence-electron chi connectivity index (χ4n) is 3.66. The minimum absolute atomic E-state index is 0.0135. The van der Waals surface area contributed by atoms with E-state index in [1.54, 1.807) is 12.1 Å². The molecular weight excluding hydrogens is 315 g/mol. The quantitative estimate of drug-likeness (QED) is 0.653. The molecule has 0 aliphatic carbocycles. The lowest BCUT2D eigenvalue weighted by molar-refractivity contribution is 0.429. The molecule has 1 aromatic heterocycles. The molecule has 0 spiro atoms. The zero-order valence-corrected chi connectivity index (χ0v) is 13.9. The number of allylic oxidation sites excluding steroid dienone is 1. The van der Waals surface area contributed by atoms with Crippen LogP contribution in [-0.2, 0) is 6.54 Å². The Labute approximate surface area is 145 Å². The van der Waals surface area contributed by atoms with Crippen molar-refractivity contribution in [2.45, 2.75) is 31.7 Å². The molecule has 1 atom stereocenters. The van der Waals surface area contributed by atoms with Crippen LogP contribution >= 0.6 is 0 Å². The molecule has 3 nitrogen and oxygen atoms in total. The predicted molar refractivity (Wildman–Crippen MR) is 98.2 cm³/mol. The molecule has 2 heterocycles. The minimum Gasteiger partial charge on any atom is -0.296 e. The molecule has 0 fully saturated rings. The summed E-state index contributed by atoms with van der Waals surface area (Å²) in [5, 5.41) is 0.614. The Morgan fingerprint density at radius 3 is 2.88 bits per heavy atom. The van der Waals surface area contributed by atoms with Crippen LogP contribution in [-0.4, -0.2) is 9.55 Å². The molecule has 2 aromatic carbocycles. The van der Waals surface area contributed by atoms with E-state index in [9.17, 15) is 9.18 Å². The fraction of sp³-hybridized carbons (Fsp3) is 0.238. The predicted octanol–water partition coefficient (Wildman–Crippen LogP) is 4.66. The number of aromatic nitrogens is 2. The van der Waals surface area contributed by atoms with Crippen molar-refractivity contribution in [1.82, 2.24) is 9.55 Å². The van der Waals surface area contributed by atoms with Crippen LogP contribution in [0.5, 0.6) is 0 Å². The molecule has 0 saturated heterocycles. The van der Waals surface area contributed by atoms with E-state index in [1.807, 2.05) is 28.8 Å². The van der Waals surface area contributed by atoms with Crippen LogP contribution in [0, 0.1) is 5.82 Å². The van der Waals surface area contributed by atoms with Crippen LogP contribution in [0.2, 0.25) is 0 Å². The van der Waals surface area contributed by atoms with Crippen molar-refractivity contribution in [2.24, 2.45) is 0 Å². The highest BCUT2D eigenvalue weighted by Crippen LogP contribution is 2.30. The molecular formula is C21H19FN2O. The van der Waals surface area contributed by atoms with E-state index < -0.39 is 0 Å². The van der Waals surface area contributed by atoms with E-state index in [4.69, 9.17) is 4.98 Å². The average Bonchev–Trinajstić information content (AvgIpc) is 2.62. The third kappa shape index (κ3) is 2.78. The Hall–Kier alpha value is -2.75. The number of fused-ring (bicyclic) bond motifs is 2.